The molecule has 0 radical (unpaired) electrons. The van der Waals surface area contributed by atoms with Gasteiger partial charge in [-0.05, 0) is 0 Å². The van der Waals surface area contributed by atoms with Crippen molar-refractivity contribution in [2.75, 3.05) is 0 Å². The molecule has 0 aromatic rings. The quantitative estimate of drug-likeness (QED) is 0.582. The second-order valence-corrected chi connectivity index (χ2v) is 0. The van der Waals surface area contributed by atoms with Crippen LogP contribution < -0.4 is 0 Å². The van der Waals surface area contributed by atoms with Crippen LogP contribution in [0.1, 0.15) is 8.56 Å². The van der Waals surface area contributed by atoms with Crippen molar-refractivity contribution in [3.8, 4) is 0 Å². The van der Waals surface area contributed by atoms with Gasteiger partial charge in [-0.2, -0.15) is 0 Å². The minimum absolute atomic E-state index is 0. The van der Waals surface area contributed by atoms with Crippen LogP contribution in [-0.2, 0) is 0 Å². The standard InChI is InChI=1S/5ClH.3Mg.6H/h5*1H;;;;;;;;;/q;;;;;3*+2;6*-1. The van der Waals surface area contributed by atoms with Gasteiger partial charge >= 0.3 is 69.2 Å². The van der Waals surface area contributed by atoms with E-state index in [-0.39, 0.29) is 140 Å². The molecule has 0 aliphatic carbocycles. The average Bonchev–Trinajstić information content (AvgIpc) is 0. The van der Waals surface area contributed by atoms with Crippen LogP contribution >= 0.6 is 62.0 Å². The molecule has 0 unspecified atom stereocenters. The molecule has 8 heavy (non-hydrogen) atoms. The first kappa shape index (κ1) is 96.6. The molecule has 0 fully saturated rings. The van der Waals surface area contributed by atoms with Gasteiger partial charge in [0.1, 0.15) is 0 Å². The fraction of sp³-hybridized carbons (Fsp3) is 0. The summed E-state index contributed by atoms with van der Waals surface area (Å²) < 4.78 is 0. The molecule has 0 spiro atoms. The molecule has 0 aliphatic heterocycles. The van der Waals surface area contributed by atoms with Crippen LogP contribution in [0.15, 0.2) is 0 Å². The van der Waals surface area contributed by atoms with Gasteiger partial charge in [0, 0.05) is 0 Å². The van der Waals surface area contributed by atoms with Gasteiger partial charge in [0.25, 0.3) is 0 Å². The third kappa shape index (κ3) is 53.1. The van der Waals surface area contributed by atoms with E-state index in [0.29, 0.717) is 0 Å². The zero-order chi connectivity index (χ0) is 0. The molecule has 0 nitrogen and oxygen atoms in total. The smallest absolute Gasteiger partial charge is 1.00 e. The van der Waals surface area contributed by atoms with Crippen LogP contribution in [0.5, 0.6) is 0 Å². The topological polar surface area (TPSA) is 0 Å². The maximum Gasteiger partial charge on any atom is 2.00 e. The Balaban J connectivity index is 0. The Kier molecular flexibility index (Phi) is 878. The van der Waals surface area contributed by atoms with Crippen LogP contribution in [0.25, 0.3) is 0 Å². The van der Waals surface area contributed by atoms with E-state index in [1.165, 1.54) is 0 Å². The van der Waals surface area contributed by atoms with Crippen LogP contribution in [0, 0.1) is 0 Å². The Morgan fingerprint density at radius 1 is 0.375 bits per heavy atom. The van der Waals surface area contributed by atoms with E-state index in [2.05, 4.69) is 0 Å². The largest absolute Gasteiger partial charge is 2.00 e. The molecular formula is H11Cl5Mg3. The molecule has 52 valence electrons. The fourth-order valence-electron chi connectivity index (χ4n) is 0. The average molecular weight is 261 g/mol. The fourth-order valence-corrected chi connectivity index (χ4v) is 0. The molecular weight excluding hydrogens is 250 g/mol. The Morgan fingerprint density at radius 3 is 0.375 bits per heavy atom. The summed E-state index contributed by atoms with van der Waals surface area (Å²) in [7, 11) is 0. The van der Waals surface area contributed by atoms with E-state index < -0.39 is 0 Å². The van der Waals surface area contributed by atoms with Crippen molar-refractivity contribution in [3.63, 3.8) is 0 Å². The summed E-state index contributed by atoms with van der Waals surface area (Å²) in [6.45, 7) is 0. The third-order valence-electron chi connectivity index (χ3n) is 0. The van der Waals surface area contributed by atoms with E-state index in [9.17, 15) is 0 Å². The van der Waals surface area contributed by atoms with Gasteiger partial charge in [0.05, 0.1) is 0 Å². The van der Waals surface area contributed by atoms with Crippen molar-refractivity contribution < 1.29 is 8.56 Å². The van der Waals surface area contributed by atoms with Gasteiger partial charge < -0.3 is 8.56 Å². The van der Waals surface area contributed by atoms with Gasteiger partial charge in [-0.15, -0.1) is 62.0 Å². The molecule has 0 N–H and O–H groups in total. The van der Waals surface area contributed by atoms with E-state index in [4.69, 9.17) is 0 Å². The van der Waals surface area contributed by atoms with E-state index in [1.807, 2.05) is 0 Å². The van der Waals surface area contributed by atoms with Crippen molar-refractivity contribution in [3.05, 3.63) is 0 Å². The van der Waals surface area contributed by atoms with Crippen molar-refractivity contribution in [1.82, 2.24) is 0 Å². The Bertz CT molecular complexity index is 21.4. The zero-order valence-electron chi connectivity index (χ0n) is 10.2. The summed E-state index contributed by atoms with van der Waals surface area (Å²) >= 11 is 0. The normalized spacial score (nSPS) is 0. The van der Waals surface area contributed by atoms with Crippen LogP contribution in [0.4, 0.5) is 0 Å². The van der Waals surface area contributed by atoms with Gasteiger partial charge in [0.2, 0.25) is 0 Å². The number of hydrogen-bond acceptors (Lipinski definition) is 0. The molecule has 0 aromatic heterocycles. The first-order valence-electron chi connectivity index (χ1n) is 0. The molecule has 0 atom stereocenters. The number of hydrogen-bond donors (Lipinski definition) is 0. The first-order valence-corrected chi connectivity index (χ1v) is 0. The van der Waals surface area contributed by atoms with Crippen molar-refractivity contribution in [2.24, 2.45) is 0 Å². The minimum Gasteiger partial charge on any atom is -1.00 e. The molecule has 0 aromatic carbocycles. The summed E-state index contributed by atoms with van der Waals surface area (Å²) in [6.07, 6.45) is 0. The van der Waals surface area contributed by atoms with Crippen LogP contribution in [0.3, 0.4) is 0 Å². The molecule has 0 bridgehead atoms. The van der Waals surface area contributed by atoms with Crippen molar-refractivity contribution in [1.29, 1.82) is 0 Å². The van der Waals surface area contributed by atoms with Crippen molar-refractivity contribution in [2.45, 2.75) is 0 Å². The van der Waals surface area contributed by atoms with Gasteiger partial charge in [-0.3, -0.25) is 0 Å². The summed E-state index contributed by atoms with van der Waals surface area (Å²) in [4.78, 5) is 0. The maximum absolute atomic E-state index is 0. The predicted octanol–water partition coefficient (Wildman–Crippen LogP) is 1.64. The Labute approximate surface area is 138 Å². The molecule has 8 heteroatoms. The molecule has 0 saturated heterocycles. The summed E-state index contributed by atoms with van der Waals surface area (Å²) in [5, 5.41) is 0. The molecule has 0 aliphatic rings. The Hall–Kier alpha value is 3.75. The summed E-state index contributed by atoms with van der Waals surface area (Å²) in [6, 6.07) is 0. The van der Waals surface area contributed by atoms with Crippen LogP contribution in [-0.4, -0.2) is 69.2 Å². The van der Waals surface area contributed by atoms with Gasteiger partial charge in [-0.1, -0.05) is 0 Å². The SMILES string of the molecule is Cl.Cl.Cl.Cl.Cl.[H-].[H-].[H-].[H-].[H-].[H-].[Mg+2].[Mg+2].[Mg+2]. The summed E-state index contributed by atoms with van der Waals surface area (Å²) in [5.41, 5.74) is 0. The van der Waals surface area contributed by atoms with E-state index in [1.54, 1.807) is 0 Å². The second kappa shape index (κ2) is 72.7. The van der Waals surface area contributed by atoms with Gasteiger partial charge in [-0.25, -0.2) is 0 Å². The number of rotatable bonds is 0. The van der Waals surface area contributed by atoms with E-state index in [0.717, 1.165) is 0 Å². The molecule has 0 saturated carbocycles. The van der Waals surface area contributed by atoms with Crippen LogP contribution in [0.2, 0.25) is 0 Å². The molecule has 0 amide bonds. The van der Waals surface area contributed by atoms with E-state index >= 15 is 0 Å². The Morgan fingerprint density at radius 2 is 0.375 bits per heavy atom. The first-order chi connectivity index (χ1) is 0. The summed E-state index contributed by atoms with van der Waals surface area (Å²) in [5.74, 6) is 0. The third-order valence-corrected chi connectivity index (χ3v) is 0. The second-order valence-electron chi connectivity index (χ2n) is 0. The zero-order valence-corrected chi connectivity index (χ0v) is 12.5. The predicted molar refractivity (Wildman–Crippen MR) is 60.2 cm³/mol. The number of halogens is 5. The molecule has 0 heterocycles. The molecule has 0 rings (SSSR count). The monoisotopic (exact) mass is 258 g/mol. The minimum atomic E-state index is 0. The van der Waals surface area contributed by atoms with Gasteiger partial charge in [0.15, 0.2) is 0 Å². The van der Waals surface area contributed by atoms with Crippen molar-refractivity contribution >= 4 is 131 Å². The maximum atomic E-state index is 0.